The normalized spacial score (nSPS) is 11.5. The highest BCUT2D eigenvalue weighted by Gasteiger charge is 2.09. The number of sulfone groups is 1. The summed E-state index contributed by atoms with van der Waals surface area (Å²) >= 11 is 3.43. The Morgan fingerprint density at radius 2 is 2.11 bits per heavy atom. The SMILES string of the molecule is CCCNCc1cccc(Br)c1OCCS(C)(=O)=O. The molecule has 0 unspecified atom stereocenters. The predicted octanol–water partition coefficient (Wildman–Crippen LogP) is 2.37. The Hall–Kier alpha value is -0.590. The van der Waals surface area contributed by atoms with Crippen molar-refractivity contribution in [2.24, 2.45) is 0 Å². The van der Waals surface area contributed by atoms with Crippen LogP contribution < -0.4 is 10.1 Å². The Morgan fingerprint density at radius 1 is 1.37 bits per heavy atom. The van der Waals surface area contributed by atoms with Gasteiger partial charge in [-0.1, -0.05) is 19.1 Å². The summed E-state index contributed by atoms with van der Waals surface area (Å²) in [5.74, 6) is 0.741. The number of benzene rings is 1. The minimum Gasteiger partial charge on any atom is -0.491 e. The van der Waals surface area contributed by atoms with Crippen molar-refractivity contribution >= 4 is 25.8 Å². The van der Waals surface area contributed by atoms with Gasteiger partial charge in [-0.2, -0.15) is 0 Å². The molecular weight excluding hydrogens is 330 g/mol. The first-order valence-electron chi connectivity index (χ1n) is 6.22. The number of halogens is 1. The lowest BCUT2D eigenvalue weighted by atomic mass is 10.2. The van der Waals surface area contributed by atoms with Gasteiger partial charge in [0.2, 0.25) is 0 Å². The van der Waals surface area contributed by atoms with Gasteiger partial charge in [0.25, 0.3) is 0 Å². The van der Waals surface area contributed by atoms with Crippen molar-refractivity contribution < 1.29 is 13.2 Å². The van der Waals surface area contributed by atoms with Crippen molar-refractivity contribution in [1.29, 1.82) is 0 Å². The van der Waals surface area contributed by atoms with Gasteiger partial charge < -0.3 is 10.1 Å². The van der Waals surface area contributed by atoms with E-state index in [1.54, 1.807) is 0 Å². The molecule has 0 spiro atoms. The zero-order valence-corrected chi connectivity index (χ0v) is 13.7. The maximum absolute atomic E-state index is 11.1. The van der Waals surface area contributed by atoms with E-state index in [0.29, 0.717) is 6.54 Å². The van der Waals surface area contributed by atoms with Crippen molar-refractivity contribution in [2.75, 3.05) is 25.2 Å². The van der Waals surface area contributed by atoms with Crippen LogP contribution in [0.1, 0.15) is 18.9 Å². The van der Waals surface area contributed by atoms with Gasteiger partial charge in [-0.15, -0.1) is 0 Å². The maximum atomic E-state index is 11.1. The van der Waals surface area contributed by atoms with Gasteiger partial charge in [-0.3, -0.25) is 0 Å². The largest absolute Gasteiger partial charge is 0.491 e. The smallest absolute Gasteiger partial charge is 0.150 e. The highest BCUT2D eigenvalue weighted by Crippen LogP contribution is 2.29. The van der Waals surface area contributed by atoms with Crippen molar-refractivity contribution in [2.45, 2.75) is 19.9 Å². The molecule has 1 aromatic rings. The summed E-state index contributed by atoms with van der Waals surface area (Å²) < 4.78 is 28.6. The van der Waals surface area contributed by atoms with E-state index < -0.39 is 9.84 Å². The summed E-state index contributed by atoms with van der Waals surface area (Å²) in [6, 6.07) is 5.80. The van der Waals surface area contributed by atoms with E-state index in [4.69, 9.17) is 4.74 Å². The number of hydrogen-bond donors (Lipinski definition) is 1. The molecule has 1 aromatic carbocycles. The fourth-order valence-electron chi connectivity index (χ4n) is 1.55. The van der Waals surface area contributed by atoms with Crippen LogP contribution in [0.4, 0.5) is 0 Å². The first kappa shape index (κ1) is 16.5. The van der Waals surface area contributed by atoms with Gasteiger partial charge in [-0.25, -0.2) is 8.42 Å². The standard InChI is InChI=1S/C13H20BrNO3S/c1-3-7-15-10-11-5-4-6-12(14)13(11)18-8-9-19(2,16)17/h4-6,15H,3,7-10H2,1-2H3. The summed E-state index contributed by atoms with van der Waals surface area (Å²) in [5.41, 5.74) is 1.02. The molecule has 0 saturated carbocycles. The maximum Gasteiger partial charge on any atom is 0.150 e. The first-order chi connectivity index (χ1) is 8.94. The predicted molar refractivity (Wildman–Crippen MR) is 81.3 cm³/mol. The molecular formula is C13H20BrNO3S. The molecule has 0 bridgehead atoms. The number of hydrogen-bond acceptors (Lipinski definition) is 4. The van der Waals surface area contributed by atoms with Crippen LogP contribution in [0.15, 0.2) is 22.7 Å². The second-order valence-corrected chi connectivity index (χ2v) is 7.50. The zero-order chi connectivity index (χ0) is 14.3. The van der Waals surface area contributed by atoms with Crippen LogP contribution in [0, 0.1) is 0 Å². The van der Waals surface area contributed by atoms with Crippen molar-refractivity contribution in [3.05, 3.63) is 28.2 Å². The Balaban J connectivity index is 2.68. The summed E-state index contributed by atoms with van der Waals surface area (Å²) in [5, 5.41) is 3.31. The van der Waals surface area contributed by atoms with Crippen LogP contribution >= 0.6 is 15.9 Å². The third kappa shape index (κ3) is 6.40. The number of rotatable bonds is 8. The fraction of sp³-hybridized carbons (Fsp3) is 0.538. The average Bonchev–Trinajstić information content (AvgIpc) is 2.31. The van der Waals surface area contributed by atoms with Gasteiger partial charge in [0.1, 0.15) is 12.4 Å². The molecule has 0 aromatic heterocycles. The third-order valence-corrected chi connectivity index (χ3v) is 4.02. The average molecular weight is 350 g/mol. The minimum absolute atomic E-state index is 0.0240. The highest BCUT2D eigenvalue weighted by molar-refractivity contribution is 9.10. The molecule has 0 atom stereocenters. The van der Waals surface area contributed by atoms with Crippen LogP contribution in [0.25, 0.3) is 0 Å². The van der Waals surface area contributed by atoms with E-state index in [1.807, 2.05) is 18.2 Å². The lowest BCUT2D eigenvalue weighted by Gasteiger charge is -2.13. The van der Waals surface area contributed by atoms with E-state index >= 15 is 0 Å². The summed E-state index contributed by atoms with van der Waals surface area (Å²) in [4.78, 5) is 0. The van der Waals surface area contributed by atoms with E-state index in [0.717, 1.165) is 28.8 Å². The molecule has 6 heteroatoms. The minimum atomic E-state index is -3.00. The molecule has 108 valence electrons. The number of nitrogens with one attached hydrogen (secondary N) is 1. The van der Waals surface area contributed by atoms with Crippen molar-refractivity contribution in [3.8, 4) is 5.75 Å². The Labute approximate surface area is 123 Å². The highest BCUT2D eigenvalue weighted by atomic mass is 79.9. The van der Waals surface area contributed by atoms with Crippen LogP contribution in [0.5, 0.6) is 5.75 Å². The molecule has 4 nitrogen and oxygen atoms in total. The molecule has 0 aliphatic rings. The molecule has 19 heavy (non-hydrogen) atoms. The second-order valence-electron chi connectivity index (χ2n) is 4.38. The van der Waals surface area contributed by atoms with Crippen LogP contribution in [0.2, 0.25) is 0 Å². The summed E-state index contributed by atoms with van der Waals surface area (Å²) in [7, 11) is -3.00. The molecule has 0 saturated heterocycles. The van der Waals surface area contributed by atoms with Crippen LogP contribution in [0.3, 0.4) is 0 Å². The van der Waals surface area contributed by atoms with Crippen molar-refractivity contribution in [1.82, 2.24) is 5.32 Å². The Bertz CT molecular complexity index is 503. The van der Waals surface area contributed by atoms with E-state index in [2.05, 4.69) is 28.2 Å². The van der Waals surface area contributed by atoms with Gasteiger partial charge in [-0.05, 0) is 35.0 Å². The molecule has 0 amide bonds. The Morgan fingerprint density at radius 3 is 2.74 bits per heavy atom. The van der Waals surface area contributed by atoms with Crippen LogP contribution in [-0.4, -0.2) is 33.6 Å². The van der Waals surface area contributed by atoms with E-state index in [9.17, 15) is 8.42 Å². The first-order valence-corrected chi connectivity index (χ1v) is 9.08. The third-order valence-electron chi connectivity index (χ3n) is 2.49. The second kappa shape index (κ2) is 7.87. The molecule has 0 fully saturated rings. The number of para-hydroxylation sites is 1. The summed E-state index contributed by atoms with van der Waals surface area (Å²) in [6.45, 7) is 3.93. The van der Waals surface area contributed by atoms with E-state index in [1.165, 1.54) is 6.26 Å². The van der Waals surface area contributed by atoms with Crippen LogP contribution in [-0.2, 0) is 16.4 Å². The van der Waals surface area contributed by atoms with Gasteiger partial charge in [0.15, 0.2) is 9.84 Å². The lowest BCUT2D eigenvalue weighted by molar-refractivity contribution is 0.334. The Kier molecular flexibility index (Phi) is 6.82. The fourth-order valence-corrected chi connectivity index (χ4v) is 2.46. The topological polar surface area (TPSA) is 55.4 Å². The quantitative estimate of drug-likeness (QED) is 0.732. The van der Waals surface area contributed by atoms with Gasteiger partial charge in [0, 0.05) is 18.4 Å². The molecule has 0 aliphatic heterocycles. The van der Waals surface area contributed by atoms with Crippen molar-refractivity contribution in [3.63, 3.8) is 0 Å². The molecule has 1 N–H and O–H groups in total. The van der Waals surface area contributed by atoms with E-state index in [-0.39, 0.29) is 12.4 Å². The molecule has 1 rings (SSSR count). The lowest BCUT2D eigenvalue weighted by Crippen LogP contribution is -2.16. The zero-order valence-electron chi connectivity index (χ0n) is 11.3. The van der Waals surface area contributed by atoms with Gasteiger partial charge >= 0.3 is 0 Å². The van der Waals surface area contributed by atoms with Gasteiger partial charge in [0.05, 0.1) is 10.2 Å². The number of ether oxygens (including phenoxy) is 1. The monoisotopic (exact) mass is 349 g/mol. The molecule has 0 aliphatic carbocycles. The summed E-state index contributed by atoms with van der Waals surface area (Å²) in [6.07, 6.45) is 2.28. The molecule has 0 heterocycles. The molecule has 0 radical (unpaired) electrons.